The fraction of sp³-hybridized carbons (Fsp3) is 0.333. The molecule has 0 aromatic heterocycles. The number of nitrogens with one attached hydrogen (secondary N) is 2. The monoisotopic (exact) mass is 606 g/mol. The molecule has 0 aliphatic carbocycles. The zero-order chi connectivity index (χ0) is 30.9. The lowest BCUT2D eigenvalue weighted by Gasteiger charge is -2.31. The molecular weight excluding hydrogens is 572 g/mol. The van der Waals surface area contributed by atoms with Gasteiger partial charge in [0.25, 0.3) is 5.91 Å². The van der Waals surface area contributed by atoms with Gasteiger partial charge in [0.1, 0.15) is 5.75 Å². The Hall–Kier alpha value is -4.42. The topological polar surface area (TPSA) is 175 Å². The van der Waals surface area contributed by atoms with Crippen LogP contribution in [0.5, 0.6) is 5.75 Å². The standard InChI is InChI=1S/C30H34N6O6S/c1-21(2)33-35-29(38)30(17-20-43(39,40)24-9-4-3-5-10-24)27(25-11-6-7-12-26(25)34-36-31)42-28(32-30)22-13-15-23(16-14-22)41-19-8-18-37/h3-7,9-16,21,27,33,37H,8,17-20H2,1-2H3,(H,35,38)/t27-,30-/m0/s1. The number of aliphatic hydroxyl groups is 1. The Bertz CT molecular complexity index is 1590. The highest BCUT2D eigenvalue weighted by Crippen LogP contribution is 2.45. The van der Waals surface area contributed by atoms with Crippen molar-refractivity contribution in [1.82, 2.24) is 10.9 Å². The minimum atomic E-state index is -3.82. The second-order valence-electron chi connectivity index (χ2n) is 10.2. The molecule has 2 atom stereocenters. The van der Waals surface area contributed by atoms with Crippen molar-refractivity contribution in [2.24, 2.45) is 10.1 Å². The first kappa shape index (κ1) is 31.5. The molecule has 43 heavy (non-hydrogen) atoms. The molecule has 226 valence electrons. The molecule has 0 fully saturated rings. The highest BCUT2D eigenvalue weighted by atomic mass is 32.2. The number of benzene rings is 3. The van der Waals surface area contributed by atoms with Gasteiger partial charge in [0.15, 0.2) is 21.5 Å². The molecule has 3 aromatic carbocycles. The molecule has 0 unspecified atom stereocenters. The van der Waals surface area contributed by atoms with Crippen LogP contribution in [-0.2, 0) is 19.4 Å². The van der Waals surface area contributed by atoms with Crippen LogP contribution in [0.4, 0.5) is 5.69 Å². The maximum atomic E-state index is 14.1. The highest BCUT2D eigenvalue weighted by Gasteiger charge is 2.54. The van der Waals surface area contributed by atoms with Crippen LogP contribution in [-0.4, -0.2) is 55.9 Å². The van der Waals surface area contributed by atoms with E-state index in [-0.39, 0.29) is 35.6 Å². The van der Waals surface area contributed by atoms with Crippen molar-refractivity contribution in [2.45, 2.75) is 49.3 Å². The van der Waals surface area contributed by atoms with Gasteiger partial charge >= 0.3 is 0 Å². The van der Waals surface area contributed by atoms with Gasteiger partial charge in [-0.1, -0.05) is 47.6 Å². The zero-order valence-electron chi connectivity index (χ0n) is 23.9. The second kappa shape index (κ2) is 14.2. The number of azide groups is 1. The van der Waals surface area contributed by atoms with E-state index in [1.54, 1.807) is 66.7 Å². The molecule has 3 aromatic rings. The molecule has 1 amide bonds. The molecule has 0 saturated carbocycles. The summed E-state index contributed by atoms with van der Waals surface area (Å²) in [7, 11) is -3.82. The van der Waals surface area contributed by atoms with Gasteiger partial charge in [-0.25, -0.2) is 18.8 Å². The Balaban J connectivity index is 1.81. The molecular formula is C30H34N6O6S. The molecule has 0 saturated heterocycles. The van der Waals surface area contributed by atoms with Crippen LogP contribution in [0, 0.1) is 0 Å². The summed E-state index contributed by atoms with van der Waals surface area (Å²) >= 11 is 0. The van der Waals surface area contributed by atoms with Gasteiger partial charge in [0, 0.05) is 47.2 Å². The normalized spacial score (nSPS) is 18.0. The van der Waals surface area contributed by atoms with Gasteiger partial charge in [-0.3, -0.25) is 10.2 Å². The molecule has 3 N–H and O–H groups in total. The van der Waals surface area contributed by atoms with Crippen LogP contribution in [0.3, 0.4) is 0 Å². The van der Waals surface area contributed by atoms with E-state index in [9.17, 15) is 18.7 Å². The van der Waals surface area contributed by atoms with E-state index in [1.165, 1.54) is 12.1 Å². The van der Waals surface area contributed by atoms with Crippen molar-refractivity contribution < 1.29 is 27.8 Å². The predicted molar refractivity (Wildman–Crippen MR) is 162 cm³/mol. The molecule has 4 rings (SSSR count). The number of carbonyl (C=O) groups is 1. The number of ether oxygens (including phenoxy) is 2. The maximum Gasteiger partial charge on any atom is 0.266 e. The van der Waals surface area contributed by atoms with Crippen LogP contribution in [0.25, 0.3) is 10.4 Å². The number of amides is 1. The summed E-state index contributed by atoms with van der Waals surface area (Å²) in [5, 5.41) is 12.8. The van der Waals surface area contributed by atoms with Crippen molar-refractivity contribution in [2.75, 3.05) is 19.0 Å². The quantitative estimate of drug-likeness (QED) is 0.0793. The van der Waals surface area contributed by atoms with Crippen LogP contribution in [0.15, 0.2) is 93.9 Å². The van der Waals surface area contributed by atoms with Crippen LogP contribution in [0.1, 0.15) is 43.9 Å². The Labute approximate surface area is 250 Å². The van der Waals surface area contributed by atoms with Crippen molar-refractivity contribution >= 4 is 27.3 Å². The zero-order valence-corrected chi connectivity index (χ0v) is 24.7. The predicted octanol–water partition coefficient (Wildman–Crippen LogP) is 4.54. The molecule has 1 heterocycles. The number of hydrogen-bond donors (Lipinski definition) is 3. The first-order valence-electron chi connectivity index (χ1n) is 13.8. The second-order valence-corrected chi connectivity index (χ2v) is 12.3. The third-order valence-corrected chi connectivity index (χ3v) is 8.46. The lowest BCUT2D eigenvalue weighted by atomic mass is 9.84. The van der Waals surface area contributed by atoms with Gasteiger partial charge in [-0.2, -0.15) is 0 Å². The molecule has 1 aliphatic rings. The number of nitrogens with zero attached hydrogens (tertiary/aromatic N) is 4. The third kappa shape index (κ3) is 7.51. The lowest BCUT2D eigenvalue weighted by Crippen LogP contribution is -2.54. The third-order valence-electron chi connectivity index (χ3n) is 6.73. The van der Waals surface area contributed by atoms with Gasteiger partial charge < -0.3 is 14.6 Å². The van der Waals surface area contributed by atoms with E-state index in [1.807, 2.05) is 13.8 Å². The summed E-state index contributed by atoms with van der Waals surface area (Å²) in [5.74, 6) is -0.340. The van der Waals surface area contributed by atoms with E-state index in [0.717, 1.165) is 0 Å². The fourth-order valence-corrected chi connectivity index (χ4v) is 5.94. The Kier molecular flexibility index (Phi) is 10.4. The number of aliphatic hydroxyl groups excluding tert-OH is 1. The lowest BCUT2D eigenvalue weighted by molar-refractivity contribution is -0.130. The van der Waals surface area contributed by atoms with E-state index < -0.39 is 33.1 Å². The molecule has 12 nitrogen and oxygen atoms in total. The minimum absolute atomic E-state index is 0.0112. The van der Waals surface area contributed by atoms with Crippen molar-refractivity contribution in [3.05, 3.63) is 100 Å². The first-order valence-corrected chi connectivity index (χ1v) is 15.4. The van der Waals surface area contributed by atoms with Crippen LogP contribution in [0.2, 0.25) is 0 Å². The number of carbonyl (C=O) groups excluding carboxylic acids is 1. The SMILES string of the molecule is CC(C)NNC(=O)[C@@]1(CCS(=O)(=O)c2ccccc2)N=C(c2ccc(OCCCO)cc2)O[C@H]1c1ccccc1N=[N+]=[N-]. The number of hydrogen-bond acceptors (Lipinski definition) is 9. The van der Waals surface area contributed by atoms with E-state index in [0.29, 0.717) is 29.9 Å². The van der Waals surface area contributed by atoms with E-state index in [4.69, 9.17) is 19.6 Å². The summed E-state index contributed by atoms with van der Waals surface area (Å²) in [6.45, 7) is 4.03. The first-order chi connectivity index (χ1) is 20.7. The fourth-order valence-electron chi connectivity index (χ4n) is 4.55. The molecule has 1 aliphatic heterocycles. The van der Waals surface area contributed by atoms with Crippen molar-refractivity contribution in [3.63, 3.8) is 0 Å². The van der Waals surface area contributed by atoms with Crippen molar-refractivity contribution in [3.8, 4) is 5.75 Å². The van der Waals surface area contributed by atoms with Gasteiger partial charge in [0.05, 0.1) is 17.3 Å². The van der Waals surface area contributed by atoms with Gasteiger partial charge in [0.2, 0.25) is 5.90 Å². The Morgan fingerprint density at radius 3 is 2.49 bits per heavy atom. The van der Waals surface area contributed by atoms with Crippen molar-refractivity contribution in [1.29, 1.82) is 0 Å². The number of aliphatic imine (C=N–C) groups is 1. The smallest absolute Gasteiger partial charge is 0.266 e. The van der Waals surface area contributed by atoms with E-state index in [2.05, 4.69) is 20.9 Å². The average molecular weight is 607 g/mol. The number of hydrazine groups is 1. The maximum absolute atomic E-state index is 14.1. The number of rotatable bonds is 14. The Morgan fingerprint density at radius 2 is 1.81 bits per heavy atom. The van der Waals surface area contributed by atoms with Gasteiger partial charge in [-0.15, -0.1) is 0 Å². The summed E-state index contributed by atoms with van der Waals surface area (Å²) in [4.78, 5) is 21.9. The summed E-state index contributed by atoms with van der Waals surface area (Å²) in [6.07, 6.45) is -0.890. The van der Waals surface area contributed by atoms with E-state index >= 15 is 0 Å². The summed E-state index contributed by atoms with van der Waals surface area (Å²) < 4.78 is 38.8. The van der Waals surface area contributed by atoms with Gasteiger partial charge in [-0.05, 0) is 55.8 Å². The van der Waals surface area contributed by atoms with Crippen LogP contribution >= 0.6 is 0 Å². The number of sulfone groups is 1. The highest BCUT2D eigenvalue weighted by molar-refractivity contribution is 7.91. The molecule has 0 bridgehead atoms. The molecule has 0 spiro atoms. The minimum Gasteiger partial charge on any atom is -0.494 e. The molecule has 13 heteroatoms. The Morgan fingerprint density at radius 1 is 1.12 bits per heavy atom. The summed E-state index contributed by atoms with van der Waals surface area (Å²) in [5.41, 5.74) is 14.2. The van der Waals surface area contributed by atoms with Crippen LogP contribution < -0.4 is 15.6 Å². The average Bonchev–Trinajstić information content (AvgIpc) is 3.41. The summed E-state index contributed by atoms with van der Waals surface area (Å²) in [6, 6.07) is 21.3. The largest absolute Gasteiger partial charge is 0.494 e. The molecule has 0 radical (unpaired) electrons.